The van der Waals surface area contributed by atoms with Gasteiger partial charge in [0, 0.05) is 21.2 Å². The molecule has 1 amide bonds. The highest BCUT2D eigenvalue weighted by Gasteiger charge is 2.18. The summed E-state index contributed by atoms with van der Waals surface area (Å²) >= 11 is 2.86. The molecule has 3 rings (SSSR count). The van der Waals surface area contributed by atoms with Gasteiger partial charge in [0.1, 0.15) is 0 Å². The molecular formula is C14H12N2O3S2. The Morgan fingerprint density at radius 3 is 3.00 bits per heavy atom. The van der Waals surface area contributed by atoms with E-state index in [0.717, 1.165) is 35.9 Å². The summed E-state index contributed by atoms with van der Waals surface area (Å²) < 4.78 is 0. The maximum Gasteiger partial charge on any atom is 0.328 e. The molecule has 2 heterocycles. The van der Waals surface area contributed by atoms with Crippen LogP contribution in [0.4, 0.5) is 5.13 Å². The number of rotatable bonds is 4. The molecule has 0 bridgehead atoms. The van der Waals surface area contributed by atoms with E-state index >= 15 is 0 Å². The Hall–Kier alpha value is -1.99. The predicted molar refractivity (Wildman–Crippen MR) is 83.1 cm³/mol. The summed E-state index contributed by atoms with van der Waals surface area (Å²) in [6.45, 7) is 0. The Balaban J connectivity index is 1.68. The van der Waals surface area contributed by atoms with Crippen LogP contribution in [0, 0.1) is 0 Å². The van der Waals surface area contributed by atoms with Gasteiger partial charge >= 0.3 is 5.97 Å². The van der Waals surface area contributed by atoms with Crippen LogP contribution in [0.2, 0.25) is 0 Å². The Labute approximate surface area is 129 Å². The number of aromatic nitrogens is 1. The van der Waals surface area contributed by atoms with E-state index in [1.54, 1.807) is 11.4 Å². The number of aryl methyl sites for hydroxylation is 2. The van der Waals surface area contributed by atoms with Crippen LogP contribution in [-0.2, 0) is 17.6 Å². The molecule has 0 spiro atoms. The van der Waals surface area contributed by atoms with Crippen LogP contribution in [0.5, 0.6) is 0 Å². The monoisotopic (exact) mass is 320 g/mol. The Morgan fingerprint density at radius 2 is 2.24 bits per heavy atom. The number of thiazole rings is 1. The van der Waals surface area contributed by atoms with Crippen molar-refractivity contribution in [3.05, 3.63) is 38.5 Å². The fraction of sp³-hybridized carbons (Fsp3) is 0.214. The molecule has 0 saturated carbocycles. The van der Waals surface area contributed by atoms with Crippen LogP contribution < -0.4 is 5.32 Å². The summed E-state index contributed by atoms with van der Waals surface area (Å²) in [5.41, 5.74) is 1.62. The Kier molecular flexibility index (Phi) is 3.85. The van der Waals surface area contributed by atoms with E-state index in [1.165, 1.54) is 33.6 Å². The average molecular weight is 320 g/mol. The number of nitrogens with zero attached hydrogens (tertiary/aromatic N) is 1. The molecule has 0 saturated heterocycles. The number of carbonyl (C=O) groups excluding carboxylic acids is 1. The molecule has 2 N–H and O–H groups in total. The van der Waals surface area contributed by atoms with Crippen molar-refractivity contribution in [2.45, 2.75) is 19.3 Å². The maximum absolute atomic E-state index is 12.1. The number of hydrogen-bond donors (Lipinski definition) is 2. The summed E-state index contributed by atoms with van der Waals surface area (Å²) in [4.78, 5) is 29.0. The summed E-state index contributed by atoms with van der Waals surface area (Å²) in [7, 11) is 0. The van der Waals surface area contributed by atoms with E-state index < -0.39 is 5.97 Å². The van der Waals surface area contributed by atoms with E-state index in [-0.39, 0.29) is 5.91 Å². The lowest BCUT2D eigenvalue weighted by molar-refractivity contribution is -0.131. The molecule has 7 heteroatoms. The molecule has 0 fully saturated rings. The van der Waals surface area contributed by atoms with Crippen molar-refractivity contribution in [1.82, 2.24) is 4.98 Å². The summed E-state index contributed by atoms with van der Waals surface area (Å²) in [6.07, 6.45) is 5.71. The van der Waals surface area contributed by atoms with Crippen LogP contribution in [0.3, 0.4) is 0 Å². The van der Waals surface area contributed by atoms with Crippen molar-refractivity contribution >= 4 is 45.8 Å². The first kappa shape index (κ1) is 14.0. The number of aliphatic carboxylic acids is 1. The third kappa shape index (κ3) is 3.20. The second-order valence-electron chi connectivity index (χ2n) is 4.61. The zero-order valence-corrected chi connectivity index (χ0v) is 12.6. The number of fused-ring (bicyclic) bond motifs is 1. The van der Waals surface area contributed by atoms with E-state index in [2.05, 4.69) is 10.3 Å². The minimum Gasteiger partial charge on any atom is -0.478 e. The molecule has 0 aliphatic heterocycles. The highest BCUT2D eigenvalue weighted by atomic mass is 32.1. The van der Waals surface area contributed by atoms with Crippen molar-refractivity contribution < 1.29 is 14.7 Å². The van der Waals surface area contributed by atoms with E-state index in [4.69, 9.17) is 5.11 Å². The van der Waals surface area contributed by atoms with Crippen molar-refractivity contribution in [3.63, 3.8) is 0 Å². The number of carboxylic acids is 1. The van der Waals surface area contributed by atoms with E-state index in [1.807, 2.05) is 0 Å². The molecule has 2 aromatic heterocycles. The maximum atomic E-state index is 12.1. The lowest BCUT2D eigenvalue weighted by atomic mass is 10.3. The predicted octanol–water partition coefficient (Wildman–Crippen LogP) is 3.04. The number of nitrogens with one attached hydrogen (secondary N) is 1. The Morgan fingerprint density at radius 1 is 1.38 bits per heavy atom. The largest absolute Gasteiger partial charge is 0.478 e. The quantitative estimate of drug-likeness (QED) is 0.849. The second-order valence-corrected chi connectivity index (χ2v) is 6.63. The van der Waals surface area contributed by atoms with Crippen LogP contribution in [0.15, 0.2) is 17.5 Å². The minimum atomic E-state index is -1.01. The molecular weight excluding hydrogens is 308 g/mol. The topological polar surface area (TPSA) is 79.3 Å². The van der Waals surface area contributed by atoms with Gasteiger partial charge in [-0.3, -0.25) is 10.1 Å². The lowest BCUT2D eigenvalue weighted by Crippen LogP contribution is -2.10. The zero-order valence-electron chi connectivity index (χ0n) is 11.0. The summed E-state index contributed by atoms with van der Waals surface area (Å²) in [5, 5.41) is 13.7. The van der Waals surface area contributed by atoms with Crippen molar-refractivity contribution in [3.8, 4) is 0 Å². The number of amides is 1. The van der Waals surface area contributed by atoms with Crippen molar-refractivity contribution in [2.24, 2.45) is 0 Å². The van der Waals surface area contributed by atoms with Gasteiger partial charge in [-0.2, -0.15) is 0 Å². The highest BCUT2D eigenvalue weighted by Crippen LogP contribution is 2.30. The molecule has 1 aliphatic rings. The average Bonchev–Trinajstić information content (AvgIpc) is 3.10. The smallest absolute Gasteiger partial charge is 0.328 e. The fourth-order valence-corrected chi connectivity index (χ4v) is 3.95. The lowest BCUT2D eigenvalue weighted by Gasteiger charge is -1.98. The first-order valence-electron chi connectivity index (χ1n) is 6.41. The number of anilines is 1. The van der Waals surface area contributed by atoms with Crippen LogP contribution >= 0.6 is 22.7 Å². The molecule has 0 unspecified atom stereocenters. The van der Waals surface area contributed by atoms with Crippen LogP contribution in [0.25, 0.3) is 6.08 Å². The molecule has 108 valence electrons. The van der Waals surface area contributed by atoms with E-state index in [9.17, 15) is 9.59 Å². The van der Waals surface area contributed by atoms with Gasteiger partial charge < -0.3 is 5.11 Å². The molecule has 21 heavy (non-hydrogen) atoms. The fourth-order valence-electron chi connectivity index (χ4n) is 2.13. The molecule has 0 aromatic carbocycles. The van der Waals surface area contributed by atoms with Gasteiger partial charge in [-0.05, 0) is 31.4 Å². The number of carbonyl (C=O) groups is 2. The third-order valence-electron chi connectivity index (χ3n) is 3.09. The first-order chi connectivity index (χ1) is 10.1. The van der Waals surface area contributed by atoms with Crippen LogP contribution in [-0.4, -0.2) is 22.0 Å². The van der Waals surface area contributed by atoms with Gasteiger partial charge in [-0.15, -0.1) is 22.7 Å². The van der Waals surface area contributed by atoms with E-state index in [0.29, 0.717) is 10.7 Å². The standard InChI is InChI=1S/C14H12N2O3S2/c17-12(18)5-4-9-6-8(7-20-9)13(19)16-14-15-10-2-1-3-11(10)21-14/h4-7H,1-3H2,(H,17,18)(H,15,16,19). The number of carboxylic acid groups (broad SMARTS) is 1. The van der Waals surface area contributed by atoms with Gasteiger partial charge in [0.05, 0.1) is 11.3 Å². The zero-order chi connectivity index (χ0) is 14.8. The van der Waals surface area contributed by atoms with Gasteiger partial charge in [-0.1, -0.05) is 0 Å². The first-order valence-corrected chi connectivity index (χ1v) is 8.11. The highest BCUT2D eigenvalue weighted by molar-refractivity contribution is 7.16. The Bertz CT molecular complexity index is 709. The van der Waals surface area contributed by atoms with Gasteiger partial charge in [0.25, 0.3) is 5.91 Å². The number of thiophene rings is 1. The minimum absolute atomic E-state index is 0.214. The summed E-state index contributed by atoms with van der Waals surface area (Å²) in [5.74, 6) is -1.22. The third-order valence-corrected chi connectivity index (χ3v) is 5.06. The molecule has 1 aliphatic carbocycles. The number of hydrogen-bond acceptors (Lipinski definition) is 5. The van der Waals surface area contributed by atoms with Gasteiger partial charge in [0.15, 0.2) is 5.13 Å². The molecule has 0 radical (unpaired) electrons. The molecule has 2 aromatic rings. The normalized spacial score (nSPS) is 13.5. The van der Waals surface area contributed by atoms with Gasteiger partial charge in [-0.25, -0.2) is 9.78 Å². The molecule has 0 atom stereocenters. The molecule has 5 nitrogen and oxygen atoms in total. The van der Waals surface area contributed by atoms with Gasteiger partial charge in [0.2, 0.25) is 0 Å². The SMILES string of the molecule is O=C(O)C=Cc1cc(C(=O)Nc2nc3c(s2)CCC3)cs1. The summed E-state index contributed by atoms with van der Waals surface area (Å²) in [6, 6.07) is 1.67. The van der Waals surface area contributed by atoms with Crippen molar-refractivity contribution in [1.29, 1.82) is 0 Å². The second kappa shape index (κ2) is 5.79. The van der Waals surface area contributed by atoms with Crippen LogP contribution in [0.1, 0.15) is 32.2 Å². The van der Waals surface area contributed by atoms with Crippen molar-refractivity contribution in [2.75, 3.05) is 5.32 Å².